The molecule has 2 aromatic carbocycles. The molecule has 0 saturated heterocycles. The summed E-state index contributed by atoms with van der Waals surface area (Å²) < 4.78 is 2.06. The monoisotopic (exact) mass is 336 g/mol. The van der Waals surface area contributed by atoms with Crippen molar-refractivity contribution in [2.45, 2.75) is 6.92 Å². The van der Waals surface area contributed by atoms with E-state index < -0.39 is 0 Å². The van der Waals surface area contributed by atoms with Crippen LogP contribution in [-0.4, -0.2) is 19.6 Å². The van der Waals surface area contributed by atoms with Gasteiger partial charge in [0.1, 0.15) is 0 Å². The molecule has 0 aliphatic heterocycles. The minimum absolute atomic E-state index is 0.842. The average Bonchev–Trinajstić information content (AvgIpc) is 3.11. The van der Waals surface area contributed by atoms with Gasteiger partial charge in [0.25, 0.3) is 0 Å². The summed E-state index contributed by atoms with van der Waals surface area (Å²) in [6.45, 7) is 2.09. The van der Waals surface area contributed by atoms with E-state index in [9.17, 15) is 0 Å². The Morgan fingerprint density at radius 2 is 1.69 bits per heavy atom. The van der Waals surface area contributed by atoms with Gasteiger partial charge in [-0.25, -0.2) is 0 Å². The lowest BCUT2D eigenvalue weighted by Crippen LogP contribution is -1.92. The molecule has 4 heteroatoms. The molecule has 0 atom stereocenters. The van der Waals surface area contributed by atoms with Gasteiger partial charge in [0.05, 0.1) is 5.52 Å². The summed E-state index contributed by atoms with van der Waals surface area (Å²) in [5, 5.41) is 9.87. The molecule has 0 unspecified atom stereocenters. The summed E-state index contributed by atoms with van der Waals surface area (Å²) in [6, 6.07) is 22.7. The molecule has 3 aromatic heterocycles. The molecule has 3 heterocycles. The van der Waals surface area contributed by atoms with E-state index in [1.807, 2.05) is 30.5 Å². The number of hydrogen-bond acceptors (Lipinski definition) is 3. The molecule has 26 heavy (non-hydrogen) atoms. The molecule has 0 spiro atoms. The lowest BCUT2D eigenvalue weighted by molar-refractivity contribution is 1.11. The molecule has 5 aromatic rings. The number of fused-ring (bicyclic) bond motifs is 2. The highest BCUT2D eigenvalue weighted by molar-refractivity contribution is 5.84. The van der Waals surface area contributed by atoms with Gasteiger partial charge in [0, 0.05) is 23.3 Å². The van der Waals surface area contributed by atoms with Gasteiger partial charge >= 0.3 is 0 Å². The fraction of sp³-hybridized carbons (Fsp3) is 0.0455. The van der Waals surface area contributed by atoms with Crippen LogP contribution in [-0.2, 0) is 0 Å². The third kappa shape index (κ3) is 2.35. The number of aromatic nitrogens is 4. The van der Waals surface area contributed by atoms with Crippen LogP contribution in [0.5, 0.6) is 0 Å². The standard InChI is InChI=1S/C22H16N4/c1-15-5-2-3-7-19(15)22-25-24-21-11-9-18(14-26(21)22)16-8-10-20-17(13-16)6-4-12-23-20/h2-14H,1H3. The summed E-state index contributed by atoms with van der Waals surface area (Å²) in [4.78, 5) is 4.40. The molecule has 0 bridgehead atoms. The predicted molar refractivity (Wildman–Crippen MR) is 104 cm³/mol. The van der Waals surface area contributed by atoms with Crippen LogP contribution in [0.4, 0.5) is 0 Å². The van der Waals surface area contributed by atoms with E-state index in [1.54, 1.807) is 0 Å². The van der Waals surface area contributed by atoms with Gasteiger partial charge in [0.2, 0.25) is 0 Å². The van der Waals surface area contributed by atoms with Crippen LogP contribution >= 0.6 is 0 Å². The lowest BCUT2D eigenvalue weighted by atomic mass is 10.0. The van der Waals surface area contributed by atoms with Crippen molar-refractivity contribution in [2.24, 2.45) is 0 Å². The minimum Gasteiger partial charge on any atom is -0.282 e. The topological polar surface area (TPSA) is 43.1 Å². The van der Waals surface area contributed by atoms with Crippen LogP contribution in [0.15, 0.2) is 79.1 Å². The van der Waals surface area contributed by atoms with Gasteiger partial charge in [-0.2, -0.15) is 0 Å². The van der Waals surface area contributed by atoms with Gasteiger partial charge in [0.15, 0.2) is 11.5 Å². The molecule has 0 aliphatic carbocycles. The highest BCUT2D eigenvalue weighted by Crippen LogP contribution is 2.27. The molecular formula is C22H16N4. The Bertz CT molecular complexity index is 1250. The van der Waals surface area contributed by atoms with E-state index in [2.05, 4.69) is 75.2 Å². The van der Waals surface area contributed by atoms with E-state index in [-0.39, 0.29) is 0 Å². The van der Waals surface area contributed by atoms with Crippen molar-refractivity contribution in [1.29, 1.82) is 0 Å². The van der Waals surface area contributed by atoms with Crippen molar-refractivity contribution in [3.63, 3.8) is 0 Å². The van der Waals surface area contributed by atoms with Crippen LogP contribution in [0.3, 0.4) is 0 Å². The number of nitrogens with zero attached hydrogens (tertiary/aromatic N) is 4. The zero-order valence-electron chi connectivity index (χ0n) is 14.3. The second-order valence-corrected chi connectivity index (χ2v) is 6.40. The second-order valence-electron chi connectivity index (χ2n) is 6.40. The maximum absolute atomic E-state index is 4.41. The zero-order chi connectivity index (χ0) is 17.5. The Morgan fingerprint density at radius 1 is 0.808 bits per heavy atom. The van der Waals surface area contributed by atoms with Crippen molar-refractivity contribution in [1.82, 2.24) is 19.6 Å². The summed E-state index contributed by atoms with van der Waals surface area (Å²) in [7, 11) is 0. The Kier molecular flexibility index (Phi) is 3.28. The first kappa shape index (κ1) is 14.8. The summed E-state index contributed by atoms with van der Waals surface area (Å²) in [5.41, 5.74) is 6.40. The van der Waals surface area contributed by atoms with Crippen LogP contribution < -0.4 is 0 Å². The van der Waals surface area contributed by atoms with Gasteiger partial charge < -0.3 is 0 Å². The van der Waals surface area contributed by atoms with Crippen LogP contribution in [0, 0.1) is 6.92 Å². The van der Waals surface area contributed by atoms with E-state index in [0.29, 0.717) is 0 Å². The molecule has 4 nitrogen and oxygen atoms in total. The number of benzene rings is 2. The largest absolute Gasteiger partial charge is 0.282 e. The summed E-state index contributed by atoms with van der Waals surface area (Å²) in [6.07, 6.45) is 3.92. The predicted octanol–water partition coefficient (Wildman–Crippen LogP) is 4.92. The molecule has 124 valence electrons. The van der Waals surface area contributed by atoms with Crippen molar-refractivity contribution in [3.05, 3.63) is 84.7 Å². The lowest BCUT2D eigenvalue weighted by Gasteiger charge is -2.07. The Labute approximate surface area is 150 Å². The number of pyridine rings is 2. The Hall–Kier alpha value is -3.53. The van der Waals surface area contributed by atoms with Crippen molar-refractivity contribution < 1.29 is 0 Å². The average molecular weight is 336 g/mol. The van der Waals surface area contributed by atoms with Crippen LogP contribution in [0.2, 0.25) is 0 Å². The number of aryl methyl sites for hydroxylation is 1. The van der Waals surface area contributed by atoms with E-state index in [1.165, 1.54) is 5.56 Å². The Morgan fingerprint density at radius 3 is 2.62 bits per heavy atom. The van der Waals surface area contributed by atoms with Crippen molar-refractivity contribution >= 4 is 16.6 Å². The summed E-state index contributed by atoms with van der Waals surface area (Å²) >= 11 is 0. The van der Waals surface area contributed by atoms with Crippen molar-refractivity contribution in [3.8, 4) is 22.5 Å². The van der Waals surface area contributed by atoms with E-state index in [0.717, 1.165) is 39.1 Å². The molecule has 0 saturated carbocycles. The summed E-state index contributed by atoms with van der Waals surface area (Å²) in [5.74, 6) is 0.863. The second kappa shape index (κ2) is 5.77. The third-order valence-electron chi connectivity index (χ3n) is 4.72. The van der Waals surface area contributed by atoms with Gasteiger partial charge in [-0.1, -0.05) is 36.4 Å². The molecule has 0 N–H and O–H groups in total. The Balaban J connectivity index is 1.69. The van der Waals surface area contributed by atoms with Gasteiger partial charge in [-0.15, -0.1) is 10.2 Å². The first-order chi connectivity index (χ1) is 12.8. The number of rotatable bonds is 2. The third-order valence-corrected chi connectivity index (χ3v) is 4.72. The van der Waals surface area contributed by atoms with Crippen LogP contribution in [0.1, 0.15) is 5.56 Å². The fourth-order valence-electron chi connectivity index (χ4n) is 3.32. The first-order valence-corrected chi connectivity index (χ1v) is 8.55. The molecule has 0 fully saturated rings. The SMILES string of the molecule is Cc1ccccc1-c1nnc2ccc(-c3ccc4ncccc4c3)cn12. The molecule has 5 rings (SSSR count). The minimum atomic E-state index is 0.842. The van der Waals surface area contributed by atoms with E-state index >= 15 is 0 Å². The molecular weight excluding hydrogens is 320 g/mol. The molecule has 0 radical (unpaired) electrons. The molecule has 0 amide bonds. The van der Waals surface area contributed by atoms with Gasteiger partial charge in [-0.05, 0) is 53.9 Å². The maximum atomic E-state index is 4.41. The number of hydrogen-bond donors (Lipinski definition) is 0. The molecule has 0 aliphatic rings. The van der Waals surface area contributed by atoms with E-state index in [4.69, 9.17) is 0 Å². The zero-order valence-corrected chi connectivity index (χ0v) is 14.3. The fourth-order valence-corrected chi connectivity index (χ4v) is 3.32. The normalized spacial score (nSPS) is 11.3. The van der Waals surface area contributed by atoms with Gasteiger partial charge in [-0.3, -0.25) is 9.38 Å². The highest BCUT2D eigenvalue weighted by Gasteiger charge is 2.11. The van der Waals surface area contributed by atoms with Crippen molar-refractivity contribution in [2.75, 3.05) is 0 Å². The maximum Gasteiger partial charge on any atom is 0.168 e. The highest BCUT2D eigenvalue weighted by atomic mass is 15.2. The van der Waals surface area contributed by atoms with Crippen LogP contribution in [0.25, 0.3) is 39.1 Å². The first-order valence-electron chi connectivity index (χ1n) is 8.55. The quantitative estimate of drug-likeness (QED) is 0.459. The smallest absolute Gasteiger partial charge is 0.168 e.